The van der Waals surface area contributed by atoms with Gasteiger partial charge in [-0.05, 0) is 37.3 Å². The van der Waals surface area contributed by atoms with Crippen molar-refractivity contribution in [3.63, 3.8) is 0 Å². The largest absolute Gasteiger partial charge is 0.484 e. The number of rotatable bonds is 8. The van der Waals surface area contributed by atoms with Crippen molar-refractivity contribution in [1.82, 2.24) is 10.6 Å². The Morgan fingerprint density at radius 2 is 1.88 bits per heavy atom. The zero-order valence-corrected chi connectivity index (χ0v) is 15.2. The molecule has 2 N–H and O–H groups in total. The van der Waals surface area contributed by atoms with Gasteiger partial charge in [0.05, 0.1) is 0 Å². The van der Waals surface area contributed by atoms with Crippen molar-refractivity contribution in [2.75, 3.05) is 26.0 Å². The van der Waals surface area contributed by atoms with E-state index in [1.165, 1.54) is 10.5 Å². The summed E-state index contributed by atoms with van der Waals surface area (Å²) in [7, 11) is 1.57. The molecule has 2 amide bonds. The molecule has 0 radical (unpaired) electrons. The fourth-order valence-electron chi connectivity index (χ4n) is 2.07. The Hall–Kier alpha value is -2.47. The zero-order valence-electron chi connectivity index (χ0n) is 14.4. The van der Waals surface area contributed by atoms with Gasteiger partial charge in [-0.25, -0.2) is 0 Å². The lowest BCUT2D eigenvalue weighted by atomic mass is 10.2. The second-order valence-electron chi connectivity index (χ2n) is 5.41. The van der Waals surface area contributed by atoms with Crippen LogP contribution >= 0.6 is 11.8 Å². The minimum Gasteiger partial charge on any atom is -0.484 e. The van der Waals surface area contributed by atoms with E-state index in [2.05, 4.69) is 41.8 Å². The van der Waals surface area contributed by atoms with Crippen molar-refractivity contribution in [3.8, 4) is 5.75 Å². The summed E-state index contributed by atoms with van der Waals surface area (Å²) in [6.07, 6.45) is 0. The lowest BCUT2D eigenvalue weighted by Gasteiger charge is -2.08. The zero-order chi connectivity index (χ0) is 18.1. The lowest BCUT2D eigenvalue weighted by molar-refractivity contribution is -0.122. The molecule has 0 spiro atoms. The predicted molar refractivity (Wildman–Crippen MR) is 100 cm³/mol. The maximum Gasteiger partial charge on any atom is 0.257 e. The molecule has 132 valence electrons. The van der Waals surface area contributed by atoms with Crippen molar-refractivity contribution in [2.45, 2.75) is 11.8 Å². The minimum atomic E-state index is -0.192. The smallest absolute Gasteiger partial charge is 0.257 e. The first-order valence-corrected chi connectivity index (χ1v) is 8.98. The van der Waals surface area contributed by atoms with Gasteiger partial charge in [0.1, 0.15) is 5.75 Å². The molecule has 0 aromatic heterocycles. The summed E-state index contributed by atoms with van der Waals surface area (Å²) >= 11 is 1.69. The quantitative estimate of drug-likeness (QED) is 0.562. The average Bonchev–Trinajstić information content (AvgIpc) is 2.64. The highest BCUT2D eigenvalue weighted by Gasteiger charge is 2.06. The summed E-state index contributed by atoms with van der Waals surface area (Å²) in [5, 5.41) is 5.37. The third-order valence-electron chi connectivity index (χ3n) is 3.41. The first-order valence-electron chi connectivity index (χ1n) is 7.99. The Morgan fingerprint density at radius 1 is 1.12 bits per heavy atom. The van der Waals surface area contributed by atoms with Crippen LogP contribution in [0.3, 0.4) is 0 Å². The fraction of sp³-hybridized carbons (Fsp3) is 0.263. The normalized spacial score (nSPS) is 10.2. The van der Waals surface area contributed by atoms with Gasteiger partial charge in [-0.3, -0.25) is 9.59 Å². The monoisotopic (exact) mass is 358 g/mol. The Kier molecular flexibility index (Phi) is 7.35. The third-order valence-corrected chi connectivity index (χ3v) is 4.42. The molecule has 0 aliphatic carbocycles. The molecule has 0 atom stereocenters. The maximum absolute atomic E-state index is 11.8. The van der Waals surface area contributed by atoms with Crippen LogP contribution in [0.4, 0.5) is 0 Å². The van der Waals surface area contributed by atoms with Crippen LogP contribution in [0.2, 0.25) is 0 Å². The number of thioether (sulfide) groups is 1. The van der Waals surface area contributed by atoms with E-state index in [1.54, 1.807) is 43.1 Å². The molecule has 0 aliphatic heterocycles. The first-order chi connectivity index (χ1) is 12.1. The maximum atomic E-state index is 11.8. The Balaban J connectivity index is 1.68. The highest BCUT2D eigenvalue weighted by Crippen LogP contribution is 2.17. The number of ether oxygens (including phenoxy) is 1. The topological polar surface area (TPSA) is 67.4 Å². The van der Waals surface area contributed by atoms with Gasteiger partial charge in [-0.2, -0.15) is 0 Å². The van der Waals surface area contributed by atoms with Gasteiger partial charge in [0.2, 0.25) is 0 Å². The van der Waals surface area contributed by atoms with E-state index < -0.39 is 0 Å². The summed E-state index contributed by atoms with van der Waals surface area (Å²) < 4.78 is 5.43. The summed E-state index contributed by atoms with van der Waals surface area (Å²) in [5.74, 6) is 0.907. The molecule has 2 aromatic carbocycles. The molecule has 2 rings (SSSR count). The lowest BCUT2D eigenvalue weighted by Crippen LogP contribution is -2.30. The van der Waals surface area contributed by atoms with E-state index in [9.17, 15) is 9.59 Å². The Labute approximate surface area is 152 Å². The summed E-state index contributed by atoms with van der Waals surface area (Å²) in [6.45, 7) is 2.55. The van der Waals surface area contributed by atoms with E-state index in [4.69, 9.17) is 4.74 Å². The molecule has 0 fully saturated rings. The van der Waals surface area contributed by atoms with Crippen molar-refractivity contribution in [2.24, 2.45) is 0 Å². The summed E-state index contributed by atoms with van der Waals surface area (Å²) in [4.78, 5) is 24.6. The third kappa shape index (κ3) is 6.51. The molecule has 0 saturated carbocycles. The van der Waals surface area contributed by atoms with E-state index in [0.29, 0.717) is 17.9 Å². The first kappa shape index (κ1) is 18.9. The van der Waals surface area contributed by atoms with Crippen LogP contribution in [0.1, 0.15) is 15.9 Å². The molecule has 5 nitrogen and oxygen atoms in total. The SMILES string of the molecule is CNC(=O)c1cccc(OCC(=O)NCCSc2ccc(C)cc2)c1. The van der Waals surface area contributed by atoms with Crippen LogP contribution in [0, 0.1) is 6.92 Å². The number of hydrogen-bond donors (Lipinski definition) is 2. The number of carbonyl (C=O) groups excluding carboxylic acids is 2. The van der Waals surface area contributed by atoms with Gasteiger partial charge in [0.25, 0.3) is 11.8 Å². The van der Waals surface area contributed by atoms with Gasteiger partial charge in [0, 0.05) is 29.8 Å². The van der Waals surface area contributed by atoms with Crippen LogP contribution in [-0.4, -0.2) is 37.8 Å². The number of hydrogen-bond acceptors (Lipinski definition) is 4. The van der Waals surface area contributed by atoms with Gasteiger partial charge < -0.3 is 15.4 Å². The van der Waals surface area contributed by atoms with Crippen molar-refractivity contribution >= 4 is 23.6 Å². The van der Waals surface area contributed by atoms with Gasteiger partial charge >= 0.3 is 0 Å². The summed E-state index contributed by atoms with van der Waals surface area (Å²) in [6, 6.07) is 15.0. The summed E-state index contributed by atoms with van der Waals surface area (Å²) in [5.41, 5.74) is 1.73. The predicted octanol–water partition coefficient (Wildman–Crippen LogP) is 2.64. The van der Waals surface area contributed by atoms with Crippen LogP contribution < -0.4 is 15.4 Å². The van der Waals surface area contributed by atoms with E-state index >= 15 is 0 Å². The molecular weight excluding hydrogens is 336 g/mol. The van der Waals surface area contributed by atoms with E-state index in [0.717, 1.165) is 5.75 Å². The number of benzene rings is 2. The highest BCUT2D eigenvalue weighted by atomic mass is 32.2. The van der Waals surface area contributed by atoms with Gasteiger partial charge in [-0.15, -0.1) is 11.8 Å². The van der Waals surface area contributed by atoms with Crippen molar-refractivity contribution in [1.29, 1.82) is 0 Å². The second-order valence-corrected chi connectivity index (χ2v) is 6.58. The number of amides is 2. The molecule has 0 saturated heterocycles. The number of carbonyl (C=O) groups is 2. The van der Waals surface area contributed by atoms with Crippen LogP contribution in [0.15, 0.2) is 53.4 Å². The van der Waals surface area contributed by atoms with Crippen LogP contribution in [0.5, 0.6) is 5.75 Å². The molecule has 0 aliphatic rings. The standard InChI is InChI=1S/C19H22N2O3S/c1-14-6-8-17(9-7-14)25-11-10-21-18(22)13-24-16-5-3-4-15(12-16)19(23)20-2/h3-9,12H,10-11,13H2,1-2H3,(H,20,23)(H,21,22). The molecule has 0 bridgehead atoms. The molecule has 2 aromatic rings. The number of nitrogens with one attached hydrogen (secondary N) is 2. The minimum absolute atomic E-state index is 0.0770. The molecule has 0 heterocycles. The Bertz CT molecular complexity index is 717. The molecule has 25 heavy (non-hydrogen) atoms. The van der Waals surface area contributed by atoms with Crippen LogP contribution in [-0.2, 0) is 4.79 Å². The Morgan fingerprint density at radius 3 is 2.60 bits per heavy atom. The van der Waals surface area contributed by atoms with E-state index in [-0.39, 0.29) is 18.4 Å². The average molecular weight is 358 g/mol. The molecule has 6 heteroatoms. The molecular formula is C19H22N2O3S. The second kappa shape index (κ2) is 9.74. The highest BCUT2D eigenvalue weighted by molar-refractivity contribution is 7.99. The van der Waals surface area contributed by atoms with Crippen molar-refractivity contribution < 1.29 is 14.3 Å². The van der Waals surface area contributed by atoms with Gasteiger partial charge in [-0.1, -0.05) is 23.8 Å². The van der Waals surface area contributed by atoms with E-state index in [1.807, 2.05) is 0 Å². The van der Waals surface area contributed by atoms with Crippen LogP contribution in [0.25, 0.3) is 0 Å². The van der Waals surface area contributed by atoms with Crippen molar-refractivity contribution in [3.05, 3.63) is 59.7 Å². The fourth-order valence-corrected chi connectivity index (χ4v) is 2.83. The number of aryl methyl sites for hydroxylation is 1. The molecule has 0 unspecified atom stereocenters. The van der Waals surface area contributed by atoms with Gasteiger partial charge in [0.15, 0.2) is 6.61 Å².